The minimum atomic E-state index is -0.996. The lowest BCUT2D eigenvalue weighted by atomic mass is 9.92. The third-order valence-corrected chi connectivity index (χ3v) is 6.26. The highest BCUT2D eigenvalue weighted by molar-refractivity contribution is 6.27. The van der Waals surface area contributed by atoms with Gasteiger partial charge in [-0.05, 0) is 24.3 Å². The first-order valence-corrected chi connectivity index (χ1v) is 11.2. The number of rotatable bonds is 8. The second-order valence-corrected chi connectivity index (χ2v) is 8.30. The first-order valence-electron chi connectivity index (χ1n) is 11.2. The van der Waals surface area contributed by atoms with Gasteiger partial charge in [0.25, 0.3) is 11.8 Å². The summed E-state index contributed by atoms with van der Waals surface area (Å²) in [6, 6.07) is 15.6. The van der Waals surface area contributed by atoms with Crippen LogP contribution in [-0.2, 0) is 6.54 Å². The molecule has 0 fully saturated rings. The van der Waals surface area contributed by atoms with Gasteiger partial charge in [-0.15, -0.1) is 6.58 Å². The zero-order valence-corrected chi connectivity index (χ0v) is 18.9. The van der Waals surface area contributed by atoms with Gasteiger partial charge in [-0.2, -0.15) is 5.10 Å². The Morgan fingerprint density at radius 1 is 0.943 bits per heavy atom. The average Bonchev–Trinajstić information content (AvgIpc) is 3.23. The second-order valence-electron chi connectivity index (χ2n) is 8.30. The Hall–Kier alpha value is -4.27. The van der Waals surface area contributed by atoms with Crippen molar-refractivity contribution >= 4 is 45.4 Å². The Kier molecular flexibility index (Phi) is 5.90. The van der Waals surface area contributed by atoms with E-state index < -0.39 is 31.1 Å². The van der Waals surface area contributed by atoms with E-state index in [9.17, 15) is 19.8 Å². The maximum absolute atomic E-state index is 13.1. The lowest BCUT2D eigenvalue weighted by Gasteiger charge is -2.32. The summed E-state index contributed by atoms with van der Waals surface area (Å²) in [4.78, 5) is 27.1. The van der Waals surface area contributed by atoms with Crippen LogP contribution >= 0.6 is 0 Å². The summed E-state index contributed by atoms with van der Waals surface area (Å²) in [6.07, 6.45) is 5.59. The summed E-state index contributed by atoms with van der Waals surface area (Å²) in [5, 5.41) is 25.8. The number of nitrogens with one attached hydrogen (secondary N) is 1. The van der Waals surface area contributed by atoms with Gasteiger partial charge in [0.2, 0.25) is 0 Å². The van der Waals surface area contributed by atoms with Crippen LogP contribution in [0.1, 0.15) is 26.3 Å². The van der Waals surface area contributed by atoms with Gasteiger partial charge in [0.15, 0.2) is 0 Å². The van der Waals surface area contributed by atoms with Gasteiger partial charge in [0.1, 0.15) is 0 Å². The maximum atomic E-state index is 13.1. The number of aliphatic hydroxyl groups excluding tert-OH is 2. The van der Waals surface area contributed by atoms with E-state index >= 15 is 0 Å². The predicted octanol–water partition coefficient (Wildman–Crippen LogP) is 3.38. The van der Waals surface area contributed by atoms with Crippen molar-refractivity contribution in [2.45, 2.75) is 12.6 Å². The van der Waals surface area contributed by atoms with E-state index in [2.05, 4.69) is 21.7 Å². The molecule has 0 spiro atoms. The molecule has 0 atom stereocenters. The van der Waals surface area contributed by atoms with Crippen molar-refractivity contribution in [2.24, 2.45) is 5.10 Å². The van der Waals surface area contributed by atoms with Crippen molar-refractivity contribution in [3.05, 3.63) is 90.1 Å². The van der Waals surface area contributed by atoms with Crippen molar-refractivity contribution in [1.82, 2.24) is 9.47 Å². The standard InChI is InChI=1S/C27H24N4O4/c1-2-12-30-14-17(19-6-3-4-9-24(19)30)13-28-29-23-11-10-22-25-20(23)7-5-8-21(25)26(34)31(27(22)35)18(15-32)16-33/h2-11,13-14,18,29,32-33H,1,12,15-16H2/b28-13+. The molecule has 0 unspecified atom stereocenters. The number of aliphatic hydroxyl groups is 2. The summed E-state index contributed by atoms with van der Waals surface area (Å²) in [5.41, 5.74) is 6.40. The minimum Gasteiger partial charge on any atom is -0.394 e. The van der Waals surface area contributed by atoms with Crippen molar-refractivity contribution in [3.63, 3.8) is 0 Å². The molecular weight excluding hydrogens is 444 g/mol. The van der Waals surface area contributed by atoms with E-state index in [0.29, 0.717) is 34.1 Å². The summed E-state index contributed by atoms with van der Waals surface area (Å²) in [7, 11) is 0. The van der Waals surface area contributed by atoms with Crippen LogP contribution in [0.15, 0.2) is 78.6 Å². The predicted molar refractivity (Wildman–Crippen MR) is 136 cm³/mol. The first kappa shape index (κ1) is 22.5. The number of anilines is 1. The number of nitrogens with zero attached hydrogens (tertiary/aromatic N) is 3. The zero-order chi connectivity index (χ0) is 24.5. The summed E-state index contributed by atoms with van der Waals surface area (Å²) < 4.78 is 2.10. The SMILES string of the molecule is C=CCn1cc(/C=N/Nc2ccc3c4c(cccc24)C(=O)N(C(CO)CO)C3=O)c2ccccc21. The number of hydrogen-bond acceptors (Lipinski definition) is 6. The number of carbonyl (C=O) groups is 2. The van der Waals surface area contributed by atoms with Crippen molar-refractivity contribution in [2.75, 3.05) is 18.6 Å². The lowest BCUT2D eigenvalue weighted by molar-refractivity contribution is 0.0375. The Morgan fingerprint density at radius 3 is 2.40 bits per heavy atom. The molecule has 2 heterocycles. The molecule has 0 aliphatic carbocycles. The van der Waals surface area contributed by atoms with Gasteiger partial charge in [-0.25, -0.2) is 0 Å². The van der Waals surface area contributed by atoms with Gasteiger partial charge in [-0.1, -0.05) is 36.4 Å². The summed E-state index contributed by atoms with van der Waals surface area (Å²) in [6.45, 7) is 3.47. The molecule has 4 aromatic rings. The van der Waals surface area contributed by atoms with Crippen LogP contribution in [0.3, 0.4) is 0 Å². The molecule has 5 rings (SSSR count). The van der Waals surface area contributed by atoms with E-state index in [4.69, 9.17) is 0 Å². The fraction of sp³-hybridized carbons (Fsp3) is 0.148. The van der Waals surface area contributed by atoms with Crippen LogP contribution in [0, 0.1) is 0 Å². The smallest absolute Gasteiger partial charge is 0.261 e. The number of carbonyl (C=O) groups excluding carboxylic acids is 2. The summed E-state index contributed by atoms with van der Waals surface area (Å²) in [5.74, 6) is -1.09. The van der Waals surface area contributed by atoms with E-state index in [1.54, 1.807) is 30.5 Å². The van der Waals surface area contributed by atoms with Crippen molar-refractivity contribution in [1.29, 1.82) is 0 Å². The van der Waals surface area contributed by atoms with Gasteiger partial charge < -0.3 is 14.8 Å². The molecule has 3 N–H and O–H groups in total. The number of amides is 2. The van der Waals surface area contributed by atoms with Crippen molar-refractivity contribution in [3.8, 4) is 0 Å². The second kappa shape index (κ2) is 9.17. The molecule has 0 bridgehead atoms. The molecule has 2 amide bonds. The third-order valence-electron chi connectivity index (χ3n) is 6.26. The van der Waals surface area contributed by atoms with Crippen LogP contribution in [0.2, 0.25) is 0 Å². The number of allylic oxidation sites excluding steroid dienone is 1. The topological polar surface area (TPSA) is 107 Å². The van der Waals surface area contributed by atoms with Crippen LogP contribution in [-0.4, -0.2) is 57.0 Å². The Morgan fingerprint density at radius 2 is 1.66 bits per heavy atom. The zero-order valence-electron chi connectivity index (χ0n) is 18.9. The third kappa shape index (κ3) is 3.69. The molecule has 8 nitrogen and oxygen atoms in total. The molecule has 176 valence electrons. The molecule has 0 saturated carbocycles. The molecule has 1 aliphatic heterocycles. The normalized spacial score (nSPS) is 13.5. The minimum absolute atomic E-state index is 0.337. The van der Waals surface area contributed by atoms with Crippen LogP contribution in [0.25, 0.3) is 21.7 Å². The van der Waals surface area contributed by atoms with Crippen LogP contribution in [0.5, 0.6) is 0 Å². The van der Waals surface area contributed by atoms with Gasteiger partial charge in [0.05, 0.1) is 31.2 Å². The molecule has 0 saturated heterocycles. The number of hydrogen-bond donors (Lipinski definition) is 3. The maximum Gasteiger partial charge on any atom is 0.261 e. The highest BCUT2D eigenvalue weighted by Crippen LogP contribution is 2.35. The molecule has 0 radical (unpaired) electrons. The van der Waals surface area contributed by atoms with E-state index in [1.165, 1.54) is 0 Å². The monoisotopic (exact) mass is 468 g/mol. The van der Waals surface area contributed by atoms with E-state index in [-0.39, 0.29) is 0 Å². The largest absolute Gasteiger partial charge is 0.394 e. The Balaban J connectivity index is 1.51. The molecule has 35 heavy (non-hydrogen) atoms. The number of aromatic nitrogens is 1. The fourth-order valence-electron chi connectivity index (χ4n) is 4.60. The first-order chi connectivity index (χ1) is 17.1. The van der Waals surface area contributed by atoms with Crippen LogP contribution < -0.4 is 5.43 Å². The molecule has 3 aromatic carbocycles. The highest BCUT2D eigenvalue weighted by atomic mass is 16.3. The van der Waals surface area contributed by atoms with Gasteiger partial charge >= 0.3 is 0 Å². The Labute approximate surface area is 201 Å². The molecule has 1 aliphatic rings. The molecule has 8 heteroatoms. The summed E-state index contributed by atoms with van der Waals surface area (Å²) >= 11 is 0. The molecular formula is C27H24N4O4. The van der Waals surface area contributed by atoms with Crippen LogP contribution in [0.4, 0.5) is 5.69 Å². The van der Waals surface area contributed by atoms with Gasteiger partial charge in [-0.3, -0.25) is 19.9 Å². The number of para-hydroxylation sites is 1. The Bertz CT molecular complexity index is 1480. The average molecular weight is 469 g/mol. The number of hydrazone groups is 1. The fourth-order valence-corrected chi connectivity index (χ4v) is 4.60. The number of imide groups is 1. The van der Waals surface area contributed by atoms with E-state index in [1.807, 2.05) is 42.6 Å². The van der Waals surface area contributed by atoms with Gasteiger partial charge in [0, 0.05) is 51.1 Å². The lowest BCUT2D eigenvalue weighted by Crippen LogP contribution is -2.50. The van der Waals surface area contributed by atoms with Crippen molar-refractivity contribution < 1.29 is 19.8 Å². The van der Waals surface area contributed by atoms with E-state index in [0.717, 1.165) is 21.4 Å². The number of fused-ring (bicyclic) bond motifs is 1. The molecule has 1 aromatic heterocycles. The number of benzene rings is 3. The quantitative estimate of drug-likeness (QED) is 0.159. The highest BCUT2D eigenvalue weighted by Gasteiger charge is 2.37.